The SMILES string of the molecule is CCN(Cc1ccco1)CC(C)(C)CBr. The van der Waals surface area contributed by atoms with Gasteiger partial charge in [-0.25, -0.2) is 0 Å². The predicted octanol–water partition coefficient (Wildman–Crippen LogP) is 3.52. The Hall–Kier alpha value is -0.280. The minimum absolute atomic E-state index is 0.308. The maximum absolute atomic E-state index is 5.36. The molecule has 0 atom stereocenters. The van der Waals surface area contributed by atoms with Crippen molar-refractivity contribution in [2.75, 3.05) is 18.4 Å². The molecule has 0 amide bonds. The zero-order chi connectivity index (χ0) is 11.3. The van der Waals surface area contributed by atoms with Crippen molar-refractivity contribution in [1.29, 1.82) is 0 Å². The number of rotatable bonds is 6. The molecule has 0 aliphatic carbocycles. The summed E-state index contributed by atoms with van der Waals surface area (Å²) in [5, 5.41) is 1.02. The van der Waals surface area contributed by atoms with Crippen LogP contribution in [0.5, 0.6) is 0 Å². The summed E-state index contributed by atoms with van der Waals surface area (Å²) in [7, 11) is 0. The summed E-state index contributed by atoms with van der Waals surface area (Å²) >= 11 is 3.56. The molecule has 1 aromatic rings. The molecule has 1 aromatic heterocycles. The maximum Gasteiger partial charge on any atom is 0.117 e. The number of halogens is 1. The van der Waals surface area contributed by atoms with E-state index in [-0.39, 0.29) is 0 Å². The second-order valence-corrected chi connectivity index (χ2v) is 5.24. The molecular weight excluding hydrogens is 254 g/mol. The number of alkyl halides is 1. The summed E-state index contributed by atoms with van der Waals surface area (Å²) in [4.78, 5) is 2.40. The van der Waals surface area contributed by atoms with Gasteiger partial charge in [-0.05, 0) is 24.1 Å². The van der Waals surface area contributed by atoms with E-state index in [4.69, 9.17) is 4.42 Å². The molecule has 0 bridgehead atoms. The van der Waals surface area contributed by atoms with Crippen LogP contribution in [0.2, 0.25) is 0 Å². The minimum Gasteiger partial charge on any atom is -0.468 e. The third-order valence-corrected chi connectivity index (χ3v) is 3.94. The van der Waals surface area contributed by atoms with E-state index in [2.05, 4.69) is 41.6 Å². The van der Waals surface area contributed by atoms with E-state index in [1.165, 1.54) is 0 Å². The van der Waals surface area contributed by atoms with Crippen LogP contribution in [0.15, 0.2) is 22.8 Å². The number of furan rings is 1. The van der Waals surface area contributed by atoms with Gasteiger partial charge in [0.1, 0.15) is 5.76 Å². The summed E-state index contributed by atoms with van der Waals surface area (Å²) in [6, 6.07) is 3.97. The highest BCUT2D eigenvalue weighted by molar-refractivity contribution is 9.09. The molecule has 0 unspecified atom stereocenters. The Morgan fingerprint density at radius 3 is 2.67 bits per heavy atom. The molecule has 0 saturated heterocycles. The van der Waals surface area contributed by atoms with Gasteiger partial charge in [0.2, 0.25) is 0 Å². The lowest BCUT2D eigenvalue weighted by molar-refractivity contribution is 0.184. The molecule has 3 heteroatoms. The molecule has 0 aromatic carbocycles. The first kappa shape index (κ1) is 12.8. The van der Waals surface area contributed by atoms with Gasteiger partial charge < -0.3 is 4.42 Å². The van der Waals surface area contributed by atoms with Gasteiger partial charge in [-0.3, -0.25) is 4.90 Å². The van der Waals surface area contributed by atoms with Crippen LogP contribution in [0, 0.1) is 5.41 Å². The first-order chi connectivity index (χ1) is 7.07. The van der Waals surface area contributed by atoms with Gasteiger partial charge in [0.05, 0.1) is 12.8 Å². The summed E-state index contributed by atoms with van der Waals surface area (Å²) in [5.74, 6) is 1.04. The van der Waals surface area contributed by atoms with E-state index >= 15 is 0 Å². The first-order valence-electron chi connectivity index (χ1n) is 5.38. The maximum atomic E-state index is 5.36. The van der Waals surface area contributed by atoms with E-state index < -0.39 is 0 Å². The molecule has 86 valence electrons. The van der Waals surface area contributed by atoms with Crippen LogP contribution in [0.3, 0.4) is 0 Å². The highest BCUT2D eigenvalue weighted by Gasteiger charge is 2.20. The molecule has 0 saturated carbocycles. The quantitative estimate of drug-likeness (QED) is 0.738. The van der Waals surface area contributed by atoms with Gasteiger partial charge >= 0.3 is 0 Å². The molecular formula is C12H20BrNO. The third-order valence-electron chi connectivity index (χ3n) is 2.42. The lowest BCUT2D eigenvalue weighted by Crippen LogP contribution is -2.34. The van der Waals surface area contributed by atoms with Crippen LogP contribution in [0.1, 0.15) is 26.5 Å². The van der Waals surface area contributed by atoms with Gasteiger partial charge in [0.25, 0.3) is 0 Å². The fourth-order valence-electron chi connectivity index (χ4n) is 1.55. The Morgan fingerprint density at radius 2 is 2.20 bits per heavy atom. The molecule has 0 aliphatic rings. The van der Waals surface area contributed by atoms with Crippen molar-refractivity contribution in [2.45, 2.75) is 27.3 Å². The normalized spacial score (nSPS) is 12.3. The van der Waals surface area contributed by atoms with Crippen LogP contribution >= 0.6 is 15.9 Å². The van der Waals surface area contributed by atoms with Crippen LogP contribution in [-0.2, 0) is 6.54 Å². The third kappa shape index (κ3) is 4.39. The average Bonchev–Trinajstić information content (AvgIpc) is 2.69. The Labute approximate surface area is 101 Å². The predicted molar refractivity (Wildman–Crippen MR) is 67.2 cm³/mol. The Balaban J connectivity index is 2.50. The average molecular weight is 274 g/mol. The fourth-order valence-corrected chi connectivity index (χ4v) is 1.73. The Morgan fingerprint density at radius 1 is 1.47 bits per heavy atom. The van der Waals surface area contributed by atoms with Crippen molar-refractivity contribution in [3.63, 3.8) is 0 Å². The molecule has 2 nitrogen and oxygen atoms in total. The lowest BCUT2D eigenvalue weighted by atomic mass is 9.96. The zero-order valence-electron chi connectivity index (χ0n) is 9.79. The second kappa shape index (κ2) is 5.71. The first-order valence-corrected chi connectivity index (χ1v) is 6.50. The van der Waals surface area contributed by atoms with Gasteiger partial charge in [-0.2, -0.15) is 0 Å². The van der Waals surface area contributed by atoms with Crippen molar-refractivity contribution in [3.8, 4) is 0 Å². The largest absolute Gasteiger partial charge is 0.468 e. The van der Waals surface area contributed by atoms with Gasteiger partial charge in [-0.1, -0.05) is 36.7 Å². The summed E-state index contributed by atoms with van der Waals surface area (Å²) < 4.78 is 5.36. The van der Waals surface area contributed by atoms with Crippen LogP contribution in [-0.4, -0.2) is 23.3 Å². The molecule has 1 heterocycles. The van der Waals surface area contributed by atoms with Crippen molar-refractivity contribution >= 4 is 15.9 Å². The van der Waals surface area contributed by atoms with E-state index in [1.54, 1.807) is 6.26 Å². The summed E-state index contributed by atoms with van der Waals surface area (Å²) in [6.45, 7) is 9.76. The highest BCUT2D eigenvalue weighted by atomic mass is 79.9. The molecule has 0 radical (unpaired) electrons. The molecule has 0 fully saturated rings. The number of nitrogens with zero attached hydrogens (tertiary/aromatic N) is 1. The molecule has 0 N–H and O–H groups in total. The van der Waals surface area contributed by atoms with Crippen molar-refractivity contribution in [1.82, 2.24) is 4.90 Å². The van der Waals surface area contributed by atoms with Crippen LogP contribution < -0.4 is 0 Å². The van der Waals surface area contributed by atoms with Crippen molar-refractivity contribution in [2.24, 2.45) is 5.41 Å². The highest BCUT2D eigenvalue weighted by Crippen LogP contribution is 2.20. The molecule has 0 spiro atoms. The van der Waals surface area contributed by atoms with Crippen molar-refractivity contribution in [3.05, 3.63) is 24.2 Å². The number of hydrogen-bond acceptors (Lipinski definition) is 2. The van der Waals surface area contributed by atoms with E-state index in [0.29, 0.717) is 5.41 Å². The summed E-state index contributed by atoms with van der Waals surface area (Å²) in [5.41, 5.74) is 0.308. The van der Waals surface area contributed by atoms with Gasteiger partial charge in [0.15, 0.2) is 0 Å². The van der Waals surface area contributed by atoms with E-state index in [0.717, 1.165) is 30.7 Å². The van der Waals surface area contributed by atoms with Crippen molar-refractivity contribution < 1.29 is 4.42 Å². The van der Waals surface area contributed by atoms with Gasteiger partial charge in [0, 0.05) is 11.9 Å². The van der Waals surface area contributed by atoms with Gasteiger partial charge in [-0.15, -0.1) is 0 Å². The van der Waals surface area contributed by atoms with Crippen LogP contribution in [0.25, 0.3) is 0 Å². The molecule has 0 aliphatic heterocycles. The topological polar surface area (TPSA) is 16.4 Å². The smallest absolute Gasteiger partial charge is 0.117 e. The number of hydrogen-bond donors (Lipinski definition) is 0. The van der Waals surface area contributed by atoms with E-state index in [1.807, 2.05) is 12.1 Å². The standard InChI is InChI=1S/C12H20BrNO/c1-4-14(10-12(2,3)9-13)8-11-6-5-7-15-11/h5-7H,4,8-10H2,1-3H3. The van der Waals surface area contributed by atoms with Crippen LogP contribution in [0.4, 0.5) is 0 Å². The molecule has 15 heavy (non-hydrogen) atoms. The molecule has 1 rings (SSSR count). The summed E-state index contributed by atoms with van der Waals surface area (Å²) in [6.07, 6.45) is 1.73. The monoisotopic (exact) mass is 273 g/mol. The minimum atomic E-state index is 0.308. The Kier molecular flexibility index (Phi) is 4.87. The van der Waals surface area contributed by atoms with E-state index in [9.17, 15) is 0 Å². The lowest BCUT2D eigenvalue weighted by Gasteiger charge is -2.29. The second-order valence-electron chi connectivity index (χ2n) is 4.68. The Bertz CT molecular complexity index is 269. The zero-order valence-corrected chi connectivity index (χ0v) is 11.4. The fraction of sp³-hybridized carbons (Fsp3) is 0.667.